The molecule has 27 heavy (non-hydrogen) atoms. The van der Waals surface area contributed by atoms with Crippen molar-refractivity contribution >= 4 is 5.97 Å². The molecule has 0 radical (unpaired) electrons. The monoisotopic (exact) mass is 382 g/mol. The second kappa shape index (κ2) is 19.9. The molecule has 3 heteroatoms. The number of hydrogen-bond donors (Lipinski definition) is 0. The average Bonchev–Trinajstić information content (AvgIpc) is 2.66. The van der Waals surface area contributed by atoms with Gasteiger partial charge in [-0.25, -0.2) is 4.79 Å². The van der Waals surface area contributed by atoms with E-state index in [9.17, 15) is 4.79 Å². The van der Waals surface area contributed by atoms with E-state index in [1.165, 1.54) is 77.0 Å². The summed E-state index contributed by atoms with van der Waals surface area (Å²) < 4.78 is 10.8. The number of hydrogen-bond acceptors (Lipinski definition) is 3. The molecule has 0 aromatic heterocycles. The van der Waals surface area contributed by atoms with Crippen LogP contribution in [-0.4, -0.2) is 25.3 Å². The molecule has 160 valence electrons. The van der Waals surface area contributed by atoms with Crippen molar-refractivity contribution in [3.8, 4) is 0 Å². The van der Waals surface area contributed by atoms with E-state index in [1.54, 1.807) is 6.92 Å². The van der Waals surface area contributed by atoms with E-state index in [-0.39, 0.29) is 12.1 Å². The zero-order valence-corrected chi connectivity index (χ0v) is 18.5. The lowest BCUT2D eigenvalue weighted by molar-refractivity contribution is -0.144. The maximum absolute atomic E-state index is 11.6. The molecule has 0 spiro atoms. The van der Waals surface area contributed by atoms with Crippen LogP contribution in [-0.2, 0) is 14.3 Å². The number of carbonyl (C=O) groups excluding carboxylic acids is 1. The Bertz CT molecular complexity index is 352. The van der Waals surface area contributed by atoms with Crippen molar-refractivity contribution in [2.75, 3.05) is 13.2 Å². The Hall–Kier alpha value is -0.830. The minimum absolute atomic E-state index is 0.0633. The standard InChI is InChI=1S/C24H46O3/c1-5-23(27-24(25)22(3)4)20-18-16-14-12-10-8-7-9-11-13-15-17-19-21-26-6-2/h23H,3,5-21H2,1-2,4H3. The predicted octanol–water partition coefficient (Wildman–Crippen LogP) is 7.38. The van der Waals surface area contributed by atoms with Gasteiger partial charge in [0.05, 0.1) is 0 Å². The van der Waals surface area contributed by atoms with Gasteiger partial charge in [0.15, 0.2) is 0 Å². The van der Waals surface area contributed by atoms with Crippen LogP contribution in [0.3, 0.4) is 0 Å². The summed E-state index contributed by atoms with van der Waals surface area (Å²) in [5.74, 6) is -0.243. The molecule has 0 heterocycles. The molecule has 0 aromatic rings. The van der Waals surface area contributed by atoms with Crippen molar-refractivity contribution < 1.29 is 14.3 Å². The first-order valence-corrected chi connectivity index (χ1v) is 11.6. The fraction of sp³-hybridized carbons (Fsp3) is 0.875. The highest BCUT2D eigenvalue weighted by Crippen LogP contribution is 2.15. The number of unbranched alkanes of at least 4 members (excludes halogenated alkanes) is 12. The van der Waals surface area contributed by atoms with Crippen LogP contribution in [0.1, 0.15) is 117 Å². The Labute approximate surface area is 169 Å². The molecule has 0 saturated heterocycles. The molecule has 0 N–H and O–H groups in total. The summed E-state index contributed by atoms with van der Waals surface area (Å²) in [7, 11) is 0. The summed E-state index contributed by atoms with van der Waals surface area (Å²) in [4.78, 5) is 11.6. The molecule has 0 fully saturated rings. The zero-order chi connectivity index (χ0) is 20.2. The maximum Gasteiger partial charge on any atom is 0.333 e. The maximum atomic E-state index is 11.6. The SMILES string of the molecule is C=C(C)C(=O)OC(CC)CCCCCCCCCCCCCCCOCC. The van der Waals surface area contributed by atoms with Gasteiger partial charge in [0, 0.05) is 18.8 Å². The highest BCUT2D eigenvalue weighted by molar-refractivity contribution is 5.87. The summed E-state index contributed by atoms with van der Waals surface area (Å²) in [5.41, 5.74) is 0.495. The molecule has 0 saturated carbocycles. The van der Waals surface area contributed by atoms with Gasteiger partial charge in [0.2, 0.25) is 0 Å². The molecule has 0 aliphatic rings. The predicted molar refractivity (Wildman–Crippen MR) is 116 cm³/mol. The molecule has 3 nitrogen and oxygen atoms in total. The van der Waals surface area contributed by atoms with Crippen molar-refractivity contribution in [2.45, 2.75) is 123 Å². The van der Waals surface area contributed by atoms with Crippen LogP contribution in [0.15, 0.2) is 12.2 Å². The van der Waals surface area contributed by atoms with Crippen LogP contribution in [0.4, 0.5) is 0 Å². The summed E-state index contributed by atoms with van der Waals surface area (Å²) in [6, 6.07) is 0. The molecule has 0 aromatic carbocycles. The molecular weight excluding hydrogens is 336 g/mol. The van der Waals surface area contributed by atoms with Gasteiger partial charge in [-0.2, -0.15) is 0 Å². The summed E-state index contributed by atoms with van der Waals surface area (Å²) >= 11 is 0. The van der Waals surface area contributed by atoms with Crippen LogP contribution in [0, 0.1) is 0 Å². The van der Waals surface area contributed by atoms with E-state index < -0.39 is 0 Å². The van der Waals surface area contributed by atoms with Gasteiger partial charge >= 0.3 is 5.97 Å². The van der Waals surface area contributed by atoms with Crippen LogP contribution in [0.2, 0.25) is 0 Å². The Kier molecular flexibility index (Phi) is 19.3. The summed E-state index contributed by atoms with van der Waals surface area (Å²) in [6.45, 7) is 11.3. The highest BCUT2D eigenvalue weighted by Gasteiger charge is 2.12. The third kappa shape index (κ3) is 18.3. The number of ether oxygens (including phenoxy) is 2. The third-order valence-electron chi connectivity index (χ3n) is 5.10. The molecule has 0 bridgehead atoms. The summed E-state index contributed by atoms with van der Waals surface area (Å²) in [6.07, 6.45) is 19.3. The molecule has 0 amide bonds. The van der Waals surface area contributed by atoms with Crippen LogP contribution >= 0.6 is 0 Å². The Morgan fingerprint density at radius 2 is 1.22 bits per heavy atom. The van der Waals surface area contributed by atoms with E-state index in [0.29, 0.717) is 5.57 Å². The zero-order valence-electron chi connectivity index (χ0n) is 18.5. The Morgan fingerprint density at radius 3 is 1.63 bits per heavy atom. The van der Waals surface area contributed by atoms with E-state index in [0.717, 1.165) is 32.5 Å². The third-order valence-corrected chi connectivity index (χ3v) is 5.10. The Balaban J connectivity index is 3.28. The molecule has 0 aliphatic carbocycles. The van der Waals surface area contributed by atoms with Crippen molar-refractivity contribution in [3.63, 3.8) is 0 Å². The second-order valence-electron chi connectivity index (χ2n) is 7.80. The fourth-order valence-electron chi connectivity index (χ4n) is 3.26. The highest BCUT2D eigenvalue weighted by atomic mass is 16.5. The van der Waals surface area contributed by atoms with Crippen molar-refractivity contribution in [1.29, 1.82) is 0 Å². The van der Waals surface area contributed by atoms with Gasteiger partial charge in [-0.15, -0.1) is 0 Å². The molecule has 0 aliphatic heterocycles. The van der Waals surface area contributed by atoms with E-state index in [4.69, 9.17) is 9.47 Å². The van der Waals surface area contributed by atoms with Gasteiger partial charge in [-0.05, 0) is 39.5 Å². The van der Waals surface area contributed by atoms with E-state index >= 15 is 0 Å². The van der Waals surface area contributed by atoms with E-state index in [1.807, 2.05) is 0 Å². The molecule has 0 rings (SSSR count). The average molecular weight is 383 g/mol. The molecular formula is C24H46O3. The fourth-order valence-corrected chi connectivity index (χ4v) is 3.26. The van der Waals surface area contributed by atoms with Crippen molar-refractivity contribution in [1.82, 2.24) is 0 Å². The largest absolute Gasteiger partial charge is 0.459 e. The first-order chi connectivity index (χ1) is 13.1. The number of rotatable bonds is 20. The van der Waals surface area contributed by atoms with Crippen LogP contribution in [0.5, 0.6) is 0 Å². The normalized spacial score (nSPS) is 12.1. The number of esters is 1. The van der Waals surface area contributed by atoms with Gasteiger partial charge in [0.25, 0.3) is 0 Å². The van der Waals surface area contributed by atoms with Crippen molar-refractivity contribution in [2.24, 2.45) is 0 Å². The van der Waals surface area contributed by atoms with Gasteiger partial charge in [0.1, 0.15) is 6.10 Å². The van der Waals surface area contributed by atoms with Gasteiger partial charge < -0.3 is 9.47 Å². The van der Waals surface area contributed by atoms with E-state index in [2.05, 4.69) is 20.4 Å². The van der Waals surface area contributed by atoms with Crippen molar-refractivity contribution in [3.05, 3.63) is 12.2 Å². The number of carbonyl (C=O) groups is 1. The smallest absolute Gasteiger partial charge is 0.333 e. The van der Waals surface area contributed by atoms with Gasteiger partial charge in [-0.1, -0.05) is 84.1 Å². The molecule has 1 unspecified atom stereocenters. The lowest BCUT2D eigenvalue weighted by atomic mass is 10.0. The topological polar surface area (TPSA) is 35.5 Å². The second-order valence-corrected chi connectivity index (χ2v) is 7.80. The van der Waals surface area contributed by atoms with Crippen LogP contribution in [0.25, 0.3) is 0 Å². The van der Waals surface area contributed by atoms with Crippen LogP contribution < -0.4 is 0 Å². The minimum Gasteiger partial charge on any atom is -0.459 e. The summed E-state index contributed by atoms with van der Waals surface area (Å²) in [5, 5.41) is 0. The Morgan fingerprint density at radius 1 is 0.778 bits per heavy atom. The molecule has 1 atom stereocenters. The lowest BCUT2D eigenvalue weighted by Crippen LogP contribution is -2.17. The first kappa shape index (κ1) is 26.2. The minimum atomic E-state index is -0.243. The lowest BCUT2D eigenvalue weighted by Gasteiger charge is -2.16. The quantitative estimate of drug-likeness (QED) is 0.125. The van der Waals surface area contributed by atoms with Gasteiger partial charge in [-0.3, -0.25) is 0 Å². The first-order valence-electron chi connectivity index (χ1n) is 11.6.